The van der Waals surface area contributed by atoms with Crippen LogP contribution in [0.5, 0.6) is 0 Å². The van der Waals surface area contributed by atoms with Crippen LogP contribution in [-0.2, 0) is 24.3 Å². The molecule has 1 aliphatic rings. The smallest absolute Gasteiger partial charge is 0.347 e. The highest BCUT2D eigenvalue weighted by atomic mass is 35.5. The SMILES string of the molecule is C[C@H]1C[C@@H](OC(=O)c2cc(S(N)(=O)=O)ccc2Cl)C(=O)O1. The first-order chi connectivity index (χ1) is 9.68. The third kappa shape index (κ3) is 3.52. The van der Waals surface area contributed by atoms with Crippen LogP contribution in [0.3, 0.4) is 0 Å². The lowest BCUT2D eigenvalue weighted by Gasteiger charge is -2.10. The average Bonchev–Trinajstić information content (AvgIpc) is 2.66. The maximum Gasteiger partial charge on any atom is 0.347 e. The zero-order valence-corrected chi connectivity index (χ0v) is 12.5. The summed E-state index contributed by atoms with van der Waals surface area (Å²) in [6.07, 6.45) is -1.14. The third-order valence-corrected chi connectivity index (χ3v) is 4.10. The summed E-state index contributed by atoms with van der Waals surface area (Å²) >= 11 is 5.84. The molecule has 1 aromatic rings. The van der Waals surface area contributed by atoms with Gasteiger partial charge < -0.3 is 9.47 Å². The number of hydrogen-bond acceptors (Lipinski definition) is 6. The van der Waals surface area contributed by atoms with E-state index in [0.29, 0.717) is 0 Å². The molecule has 7 nitrogen and oxygen atoms in total. The van der Waals surface area contributed by atoms with Gasteiger partial charge in [-0.3, -0.25) is 0 Å². The molecule has 1 saturated heterocycles. The topological polar surface area (TPSA) is 113 Å². The lowest BCUT2D eigenvalue weighted by atomic mass is 10.2. The first kappa shape index (κ1) is 15.7. The van der Waals surface area contributed by atoms with Crippen LogP contribution in [-0.4, -0.2) is 32.6 Å². The first-order valence-electron chi connectivity index (χ1n) is 5.92. The Labute approximate surface area is 126 Å². The van der Waals surface area contributed by atoms with E-state index < -0.39 is 28.1 Å². The van der Waals surface area contributed by atoms with Crippen LogP contribution in [0.4, 0.5) is 0 Å². The van der Waals surface area contributed by atoms with Crippen molar-refractivity contribution in [2.45, 2.75) is 30.4 Å². The Morgan fingerprint density at radius 3 is 2.67 bits per heavy atom. The summed E-state index contributed by atoms with van der Waals surface area (Å²) in [6, 6.07) is 3.39. The number of ether oxygens (including phenoxy) is 2. The van der Waals surface area contributed by atoms with Crippen molar-refractivity contribution < 1.29 is 27.5 Å². The van der Waals surface area contributed by atoms with Gasteiger partial charge in [-0.15, -0.1) is 0 Å². The molecule has 0 bridgehead atoms. The molecular formula is C12H12ClNO6S. The number of sulfonamides is 1. The fourth-order valence-corrected chi connectivity index (χ4v) is 2.58. The Kier molecular flexibility index (Phi) is 4.22. The van der Waals surface area contributed by atoms with E-state index in [1.54, 1.807) is 6.92 Å². The van der Waals surface area contributed by atoms with E-state index in [-0.39, 0.29) is 28.0 Å². The second-order valence-electron chi connectivity index (χ2n) is 4.56. The lowest BCUT2D eigenvalue weighted by molar-refractivity contribution is -0.147. The molecular weight excluding hydrogens is 322 g/mol. The Bertz CT molecular complexity index is 702. The fourth-order valence-electron chi connectivity index (χ4n) is 1.85. The van der Waals surface area contributed by atoms with Crippen LogP contribution in [0, 0.1) is 0 Å². The summed E-state index contributed by atoms with van der Waals surface area (Å²) < 4.78 is 32.4. The Hall–Kier alpha value is -1.64. The predicted molar refractivity (Wildman–Crippen MR) is 72.2 cm³/mol. The molecule has 114 valence electrons. The van der Waals surface area contributed by atoms with Crippen molar-refractivity contribution in [1.82, 2.24) is 0 Å². The van der Waals surface area contributed by atoms with Gasteiger partial charge in [0.05, 0.1) is 15.5 Å². The van der Waals surface area contributed by atoms with E-state index in [1.165, 1.54) is 12.1 Å². The minimum atomic E-state index is -3.98. The van der Waals surface area contributed by atoms with Crippen molar-refractivity contribution in [1.29, 1.82) is 0 Å². The standard InChI is InChI=1S/C12H12ClNO6S/c1-6-4-10(12(16)19-6)20-11(15)8-5-7(21(14,17)18)2-3-9(8)13/h2-3,5-6,10H,4H2,1H3,(H2,14,17,18)/t6-,10+/m0/s1. The number of benzene rings is 1. The summed E-state index contributed by atoms with van der Waals surface area (Å²) in [7, 11) is -3.98. The van der Waals surface area contributed by atoms with Gasteiger partial charge in [-0.05, 0) is 25.1 Å². The van der Waals surface area contributed by atoms with E-state index in [0.717, 1.165) is 6.07 Å². The molecule has 0 unspecified atom stereocenters. The second-order valence-corrected chi connectivity index (χ2v) is 6.53. The average molecular weight is 334 g/mol. The summed E-state index contributed by atoms with van der Waals surface area (Å²) in [4.78, 5) is 23.1. The molecule has 0 saturated carbocycles. The van der Waals surface area contributed by atoms with E-state index in [4.69, 9.17) is 26.2 Å². The van der Waals surface area contributed by atoms with Crippen molar-refractivity contribution in [3.8, 4) is 0 Å². The van der Waals surface area contributed by atoms with Crippen molar-refractivity contribution in [2.24, 2.45) is 5.14 Å². The van der Waals surface area contributed by atoms with Crippen LogP contribution >= 0.6 is 11.6 Å². The molecule has 9 heteroatoms. The number of carbonyl (C=O) groups excluding carboxylic acids is 2. The van der Waals surface area contributed by atoms with Gasteiger partial charge in [0.1, 0.15) is 6.10 Å². The third-order valence-electron chi connectivity index (χ3n) is 2.86. The second kappa shape index (κ2) is 5.63. The minimum absolute atomic E-state index is 0.00758. The van der Waals surface area contributed by atoms with Gasteiger partial charge in [0, 0.05) is 6.42 Å². The fraction of sp³-hybridized carbons (Fsp3) is 0.333. The van der Waals surface area contributed by atoms with Gasteiger partial charge in [0.25, 0.3) is 0 Å². The molecule has 0 radical (unpaired) electrons. The molecule has 1 heterocycles. The highest BCUT2D eigenvalue weighted by molar-refractivity contribution is 7.89. The predicted octanol–water partition coefficient (Wildman–Crippen LogP) is 0.848. The van der Waals surface area contributed by atoms with Crippen molar-refractivity contribution in [3.63, 3.8) is 0 Å². The number of nitrogens with two attached hydrogens (primary N) is 1. The van der Waals surface area contributed by atoms with Crippen molar-refractivity contribution in [2.75, 3.05) is 0 Å². The van der Waals surface area contributed by atoms with Gasteiger partial charge in [-0.25, -0.2) is 23.1 Å². The van der Waals surface area contributed by atoms with Gasteiger partial charge in [0.2, 0.25) is 16.1 Å². The summed E-state index contributed by atoms with van der Waals surface area (Å²) in [5.41, 5.74) is -0.185. The molecule has 1 fully saturated rings. The van der Waals surface area contributed by atoms with E-state index in [9.17, 15) is 18.0 Å². The van der Waals surface area contributed by atoms with Gasteiger partial charge in [0.15, 0.2) is 0 Å². The molecule has 2 atom stereocenters. The Morgan fingerprint density at radius 1 is 1.48 bits per heavy atom. The molecule has 1 aliphatic heterocycles. The van der Waals surface area contributed by atoms with Crippen LogP contribution in [0.2, 0.25) is 5.02 Å². The molecule has 0 aromatic heterocycles. The first-order valence-corrected chi connectivity index (χ1v) is 7.84. The molecule has 2 N–H and O–H groups in total. The largest absolute Gasteiger partial charge is 0.460 e. The minimum Gasteiger partial charge on any atom is -0.460 e. The van der Waals surface area contributed by atoms with E-state index in [1.807, 2.05) is 0 Å². The van der Waals surface area contributed by atoms with Gasteiger partial charge in [-0.2, -0.15) is 0 Å². The number of hydrogen-bond donors (Lipinski definition) is 1. The Morgan fingerprint density at radius 2 is 2.14 bits per heavy atom. The Balaban J connectivity index is 2.25. The molecule has 2 rings (SSSR count). The van der Waals surface area contributed by atoms with E-state index >= 15 is 0 Å². The monoisotopic (exact) mass is 333 g/mol. The van der Waals surface area contributed by atoms with Crippen LogP contribution in [0.15, 0.2) is 23.1 Å². The maximum absolute atomic E-state index is 12.0. The number of cyclic esters (lactones) is 1. The van der Waals surface area contributed by atoms with Crippen LogP contribution < -0.4 is 5.14 Å². The lowest BCUT2D eigenvalue weighted by Crippen LogP contribution is -2.23. The summed E-state index contributed by atoms with van der Waals surface area (Å²) in [5, 5.41) is 4.98. The number of halogens is 1. The maximum atomic E-state index is 12.0. The number of esters is 2. The zero-order chi connectivity index (χ0) is 15.8. The van der Waals surface area contributed by atoms with Crippen LogP contribution in [0.1, 0.15) is 23.7 Å². The normalized spacial score (nSPS) is 22.0. The molecule has 21 heavy (non-hydrogen) atoms. The van der Waals surface area contributed by atoms with Crippen LogP contribution in [0.25, 0.3) is 0 Å². The quantitative estimate of drug-likeness (QED) is 0.820. The zero-order valence-electron chi connectivity index (χ0n) is 10.9. The number of primary sulfonamides is 1. The summed E-state index contributed by atoms with van der Waals surface area (Å²) in [6.45, 7) is 1.67. The highest BCUT2D eigenvalue weighted by Gasteiger charge is 2.35. The van der Waals surface area contributed by atoms with Gasteiger partial charge in [-0.1, -0.05) is 11.6 Å². The van der Waals surface area contributed by atoms with Gasteiger partial charge >= 0.3 is 11.9 Å². The number of carbonyl (C=O) groups is 2. The number of rotatable bonds is 3. The van der Waals surface area contributed by atoms with Crippen molar-refractivity contribution in [3.05, 3.63) is 28.8 Å². The molecule has 1 aromatic carbocycles. The van der Waals surface area contributed by atoms with Crippen molar-refractivity contribution >= 4 is 33.6 Å². The highest BCUT2D eigenvalue weighted by Crippen LogP contribution is 2.24. The molecule has 0 amide bonds. The van der Waals surface area contributed by atoms with E-state index in [2.05, 4.69) is 0 Å². The molecule has 0 spiro atoms. The molecule has 0 aliphatic carbocycles. The summed E-state index contributed by atoms with van der Waals surface area (Å²) in [5.74, 6) is -1.56.